The summed E-state index contributed by atoms with van der Waals surface area (Å²) < 4.78 is 5.80. The van der Waals surface area contributed by atoms with Crippen LogP contribution in [-0.2, 0) is 6.42 Å². The number of rotatable bonds is 7. The van der Waals surface area contributed by atoms with Gasteiger partial charge in [0, 0.05) is 23.6 Å². The van der Waals surface area contributed by atoms with Crippen molar-refractivity contribution >= 4 is 22.7 Å². The lowest BCUT2D eigenvalue weighted by atomic mass is 10.1. The Balaban J connectivity index is 1.50. The van der Waals surface area contributed by atoms with E-state index in [0.29, 0.717) is 30.7 Å². The molecule has 0 fully saturated rings. The molecule has 4 rings (SSSR count). The molecule has 2 aromatic carbocycles. The summed E-state index contributed by atoms with van der Waals surface area (Å²) in [5, 5.41) is 1.07. The number of nitrogens with one attached hydrogen (secondary N) is 1. The van der Waals surface area contributed by atoms with Gasteiger partial charge in [-0.25, -0.2) is 0 Å². The van der Waals surface area contributed by atoms with Crippen molar-refractivity contribution < 1.29 is 14.3 Å². The van der Waals surface area contributed by atoms with Gasteiger partial charge in [-0.1, -0.05) is 25.5 Å². The largest absolute Gasteiger partial charge is 0.494 e. The van der Waals surface area contributed by atoms with Gasteiger partial charge in [-0.15, -0.1) is 0 Å². The molecule has 0 unspecified atom stereocenters. The maximum absolute atomic E-state index is 12.5. The highest BCUT2D eigenvalue weighted by Crippen LogP contribution is 2.26. The number of aromatic nitrogens is 1. The van der Waals surface area contributed by atoms with Gasteiger partial charge in [0.2, 0.25) is 0 Å². The van der Waals surface area contributed by atoms with Crippen LogP contribution in [0.25, 0.3) is 10.9 Å². The van der Waals surface area contributed by atoms with Crippen molar-refractivity contribution in [1.29, 1.82) is 0 Å². The van der Waals surface area contributed by atoms with Crippen LogP contribution in [0.5, 0.6) is 5.75 Å². The van der Waals surface area contributed by atoms with E-state index in [0.717, 1.165) is 35.1 Å². The number of amides is 2. The number of unbranched alkanes of at least 4 members (excludes halogenated alkanes) is 1. The number of H-pyrrole nitrogens is 1. The Hall–Kier alpha value is -3.08. The Morgan fingerprint density at radius 1 is 1.04 bits per heavy atom. The van der Waals surface area contributed by atoms with Gasteiger partial charge in [0.25, 0.3) is 11.8 Å². The first-order chi connectivity index (χ1) is 13.2. The quantitative estimate of drug-likeness (QED) is 0.506. The molecular formula is C22H22N2O3. The molecule has 138 valence electrons. The van der Waals surface area contributed by atoms with E-state index in [2.05, 4.69) is 11.9 Å². The molecule has 5 heteroatoms. The van der Waals surface area contributed by atoms with Gasteiger partial charge in [-0.05, 0) is 48.7 Å². The highest BCUT2D eigenvalue weighted by Gasteiger charge is 2.34. The Kier molecular flexibility index (Phi) is 4.67. The van der Waals surface area contributed by atoms with E-state index in [1.807, 2.05) is 24.4 Å². The SMILES string of the molecule is CCCCOc1ccc2[nH]cc(CCN3C(=O)c4ccccc4C3=O)c2c1. The lowest BCUT2D eigenvalue weighted by molar-refractivity contribution is 0.0656. The van der Waals surface area contributed by atoms with Crippen LogP contribution in [0.3, 0.4) is 0 Å². The molecule has 1 aromatic heterocycles. The second-order valence-corrected chi connectivity index (χ2v) is 6.78. The van der Waals surface area contributed by atoms with Crippen molar-refractivity contribution in [2.45, 2.75) is 26.2 Å². The van der Waals surface area contributed by atoms with Crippen molar-refractivity contribution in [3.05, 3.63) is 65.4 Å². The van der Waals surface area contributed by atoms with Gasteiger partial charge < -0.3 is 9.72 Å². The third kappa shape index (κ3) is 3.21. The summed E-state index contributed by atoms with van der Waals surface area (Å²) in [5.41, 5.74) is 3.08. The lowest BCUT2D eigenvalue weighted by Gasteiger charge is -2.13. The third-order valence-corrected chi connectivity index (χ3v) is 4.99. The Morgan fingerprint density at radius 3 is 2.48 bits per heavy atom. The topological polar surface area (TPSA) is 62.4 Å². The van der Waals surface area contributed by atoms with E-state index in [1.54, 1.807) is 24.3 Å². The highest BCUT2D eigenvalue weighted by molar-refractivity contribution is 6.21. The van der Waals surface area contributed by atoms with Gasteiger partial charge in [-0.3, -0.25) is 14.5 Å². The minimum Gasteiger partial charge on any atom is -0.494 e. The second kappa shape index (κ2) is 7.27. The highest BCUT2D eigenvalue weighted by atomic mass is 16.5. The normalized spacial score (nSPS) is 13.4. The lowest BCUT2D eigenvalue weighted by Crippen LogP contribution is -2.31. The summed E-state index contributed by atoms with van der Waals surface area (Å²) in [6.45, 7) is 3.20. The molecule has 0 atom stereocenters. The predicted molar refractivity (Wildman–Crippen MR) is 104 cm³/mol. The number of fused-ring (bicyclic) bond motifs is 2. The smallest absolute Gasteiger partial charge is 0.261 e. The maximum Gasteiger partial charge on any atom is 0.261 e. The molecule has 27 heavy (non-hydrogen) atoms. The fraction of sp³-hybridized carbons (Fsp3) is 0.273. The number of carbonyl (C=O) groups is 2. The first-order valence-electron chi connectivity index (χ1n) is 9.37. The van der Waals surface area contributed by atoms with Gasteiger partial charge >= 0.3 is 0 Å². The van der Waals surface area contributed by atoms with Gasteiger partial charge in [0.05, 0.1) is 17.7 Å². The van der Waals surface area contributed by atoms with Gasteiger partial charge in [0.1, 0.15) is 5.75 Å². The molecule has 2 amide bonds. The standard InChI is InChI=1S/C22H22N2O3/c1-2-3-12-27-16-8-9-20-19(13-16)15(14-23-20)10-11-24-21(25)17-6-4-5-7-18(17)22(24)26/h4-9,13-14,23H,2-3,10-12H2,1H3. The van der Waals surface area contributed by atoms with Gasteiger partial charge in [0.15, 0.2) is 0 Å². The fourth-order valence-electron chi connectivity index (χ4n) is 3.46. The van der Waals surface area contributed by atoms with Crippen LogP contribution in [0.15, 0.2) is 48.7 Å². The summed E-state index contributed by atoms with van der Waals surface area (Å²) >= 11 is 0. The fourth-order valence-corrected chi connectivity index (χ4v) is 3.46. The number of ether oxygens (including phenoxy) is 1. The summed E-state index contributed by atoms with van der Waals surface area (Å²) in [4.78, 5) is 29.6. The molecular weight excluding hydrogens is 340 g/mol. The molecule has 1 N–H and O–H groups in total. The third-order valence-electron chi connectivity index (χ3n) is 4.99. The van der Waals surface area contributed by atoms with Crippen molar-refractivity contribution in [1.82, 2.24) is 9.88 Å². The van der Waals surface area contributed by atoms with E-state index >= 15 is 0 Å². The zero-order chi connectivity index (χ0) is 18.8. The molecule has 5 nitrogen and oxygen atoms in total. The number of hydrogen-bond acceptors (Lipinski definition) is 3. The van der Waals surface area contributed by atoms with E-state index in [4.69, 9.17) is 4.74 Å². The molecule has 1 aliphatic heterocycles. The summed E-state index contributed by atoms with van der Waals surface area (Å²) in [6.07, 6.45) is 4.66. The van der Waals surface area contributed by atoms with Crippen molar-refractivity contribution in [3.8, 4) is 5.75 Å². The van der Waals surface area contributed by atoms with Crippen LogP contribution >= 0.6 is 0 Å². The Morgan fingerprint density at radius 2 is 1.78 bits per heavy atom. The number of nitrogens with zero attached hydrogens (tertiary/aromatic N) is 1. The van der Waals surface area contributed by atoms with Crippen LogP contribution in [0.2, 0.25) is 0 Å². The zero-order valence-electron chi connectivity index (χ0n) is 15.3. The molecule has 3 aromatic rings. The van der Waals surface area contributed by atoms with Crippen molar-refractivity contribution in [2.24, 2.45) is 0 Å². The minimum atomic E-state index is -0.209. The van der Waals surface area contributed by atoms with E-state index in [9.17, 15) is 9.59 Å². The molecule has 2 heterocycles. The van der Waals surface area contributed by atoms with Crippen LogP contribution in [0.4, 0.5) is 0 Å². The number of hydrogen-bond donors (Lipinski definition) is 1. The molecule has 0 saturated heterocycles. The second-order valence-electron chi connectivity index (χ2n) is 6.78. The molecule has 0 bridgehead atoms. The summed E-state index contributed by atoms with van der Waals surface area (Å²) in [6, 6.07) is 13.0. The average molecular weight is 362 g/mol. The number of benzene rings is 2. The molecule has 1 aliphatic rings. The Bertz CT molecular complexity index is 971. The monoisotopic (exact) mass is 362 g/mol. The van der Waals surface area contributed by atoms with Crippen molar-refractivity contribution in [2.75, 3.05) is 13.2 Å². The minimum absolute atomic E-state index is 0.209. The molecule has 0 radical (unpaired) electrons. The average Bonchev–Trinajstić information content (AvgIpc) is 3.20. The number of carbonyl (C=O) groups excluding carboxylic acids is 2. The summed E-state index contributed by atoms with van der Waals surface area (Å²) in [5.74, 6) is 0.426. The zero-order valence-corrected chi connectivity index (χ0v) is 15.3. The van der Waals surface area contributed by atoms with E-state index in [1.165, 1.54) is 4.90 Å². The van der Waals surface area contributed by atoms with Crippen LogP contribution in [0.1, 0.15) is 46.0 Å². The van der Waals surface area contributed by atoms with Crippen LogP contribution < -0.4 is 4.74 Å². The summed E-state index contributed by atoms with van der Waals surface area (Å²) in [7, 11) is 0. The van der Waals surface area contributed by atoms with Crippen molar-refractivity contribution in [3.63, 3.8) is 0 Å². The van der Waals surface area contributed by atoms with E-state index in [-0.39, 0.29) is 11.8 Å². The number of aromatic amines is 1. The van der Waals surface area contributed by atoms with E-state index < -0.39 is 0 Å². The first kappa shape index (κ1) is 17.3. The maximum atomic E-state index is 12.5. The predicted octanol–water partition coefficient (Wildman–Crippen LogP) is 4.19. The first-order valence-corrected chi connectivity index (χ1v) is 9.37. The molecule has 0 saturated carbocycles. The molecule has 0 spiro atoms. The van der Waals surface area contributed by atoms with Crippen LogP contribution in [-0.4, -0.2) is 34.8 Å². The number of imide groups is 1. The van der Waals surface area contributed by atoms with Crippen LogP contribution in [0, 0.1) is 0 Å². The molecule has 0 aliphatic carbocycles. The Labute approximate surface area is 157 Å². The van der Waals surface area contributed by atoms with Gasteiger partial charge in [-0.2, -0.15) is 0 Å².